The number of ether oxygens (including phenoxy) is 1. The average molecular weight is 462 g/mol. The summed E-state index contributed by atoms with van der Waals surface area (Å²) in [6.07, 6.45) is 4.25. The molecule has 166 valence electrons. The predicted molar refractivity (Wildman–Crippen MR) is 127 cm³/mol. The Bertz CT molecular complexity index is 907. The Labute approximate surface area is 194 Å². The minimum Gasteiger partial charge on any atom is -0.497 e. The van der Waals surface area contributed by atoms with Gasteiger partial charge in [0.15, 0.2) is 0 Å². The molecule has 0 spiro atoms. The standard InChI is InChI=1S/C24H29Cl2N3O2/c1-31-20-5-2-4-17(16-20)24(30)27-18-8-10-19(11-9-18)28-12-14-29(15-13-28)22-7-3-6-21(25)23(22)26/h2-7,16,18-19H,8-15H2,1H3,(H,27,30)/t18-,19-. The molecule has 0 radical (unpaired) electrons. The molecule has 31 heavy (non-hydrogen) atoms. The zero-order valence-corrected chi connectivity index (χ0v) is 19.3. The minimum absolute atomic E-state index is 0.0191. The molecule has 0 atom stereocenters. The summed E-state index contributed by atoms with van der Waals surface area (Å²) in [5.41, 5.74) is 1.68. The molecular weight excluding hydrogens is 433 g/mol. The number of amides is 1. The van der Waals surface area contributed by atoms with Crippen molar-refractivity contribution in [1.29, 1.82) is 0 Å². The molecule has 4 rings (SSSR count). The van der Waals surface area contributed by atoms with E-state index in [1.807, 2.05) is 36.4 Å². The molecular formula is C24H29Cl2N3O2. The Balaban J connectivity index is 1.25. The number of nitrogens with one attached hydrogen (secondary N) is 1. The van der Waals surface area contributed by atoms with Crippen LogP contribution >= 0.6 is 23.2 Å². The third-order valence-electron chi connectivity index (χ3n) is 6.47. The first-order valence-electron chi connectivity index (χ1n) is 10.9. The normalized spacial score (nSPS) is 22.2. The van der Waals surface area contributed by atoms with E-state index in [1.165, 1.54) is 0 Å². The lowest BCUT2D eigenvalue weighted by Gasteiger charge is -2.43. The van der Waals surface area contributed by atoms with E-state index in [9.17, 15) is 4.79 Å². The first-order chi connectivity index (χ1) is 15.0. The third-order valence-corrected chi connectivity index (χ3v) is 7.28. The highest BCUT2D eigenvalue weighted by Gasteiger charge is 2.29. The molecule has 1 aliphatic heterocycles. The van der Waals surface area contributed by atoms with Gasteiger partial charge in [0.05, 0.1) is 22.8 Å². The lowest BCUT2D eigenvalue weighted by molar-refractivity contribution is 0.0898. The van der Waals surface area contributed by atoms with Crippen LogP contribution in [0.2, 0.25) is 10.0 Å². The van der Waals surface area contributed by atoms with Crippen LogP contribution in [0.4, 0.5) is 5.69 Å². The number of hydrogen-bond donors (Lipinski definition) is 1. The average Bonchev–Trinajstić information content (AvgIpc) is 2.81. The predicted octanol–water partition coefficient (Wildman–Crippen LogP) is 4.87. The molecule has 1 heterocycles. The number of benzene rings is 2. The highest BCUT2D eigenvalue weighted by atomic mass is 35.5. The van der Waals surface area contributed by atoms with E-state index in [2.05, 4.69) is 15.1 Å². The first kappa shape index (κ1) is 22.3. The second kappa shape index (κ2) is 10.1. The SMILES string of the molecule is COc1cccc(C(=O)N[C@H]2CC[C@H](N3CCN(c4cccc(Cl)c4Cl)CC3)CC2)c1. The topological polar surface area (TPSA) is 44.8 Å². The first-order valence-corrected chi connectivity index (χ1v) is 11.7. The number of methoxy groups -OCH3 is 1. The van der Waals surface area contributed by atoms with Crippen molar-refractivity contribution in [2.75, 3.05) is 38.2 Å². The van der Waals surface area contributed by atoms with Crippen LogP contribution < -0.4 is 15.0 Å². The second-order valence-electron chi connectivity index (χ2n) is 8.31. The van der Waals surface area contributed by atoms with Gasteiger partial charge in [-0.05, 0) is 56.0 Å². The summed E-state index contributed by atoms with van der Waals surface area (Å²) in [7, 11) is 1.61. The van der Waals surface area contributed by atoms with E-state index < -0.39 is 0 Å². The Morgan fingerprint density at radius 3 is 2.42 bits per heavy atom. The maximum absolute atomic E-state index is 12.6. The van der Waals surface area contributed by atoms with E-state index >= 15 is 0 Å². The maximum atomic E-state index is 12.6. The summed E-state index contributed by atoms with van der Waals surface area (Å²) in [5.74, 6) is 0.684. The molecule has 2 fully saturated rings. The number of rotatable bonds is 5. The zero-order valence-electron chi connectivity index (χ0n) is 17.8. The van der Waals surface area contributed by atoms with Gasteiger partial charge in [-0.25, -0.2) is 0 Å². The number of carbonyl (C=O) groups is 1. The van der Waals surface area contributed by atoms with E-state index in [0.29, 0.717) is 27.4 Å². The van der Waals surface area contributed by atoms with E-state index in [-0.39, 0.29) is 11.9 Å². The summed E-state index contributed by atoms with van der Waals surface area (Å²) in [6.45, 7) is 3.95. The van der Waals surface area contributed by atoms with Crippen LogP contribution in [0, 0.1) is 0 Å². The monoisotopic (exact) mass is 461 g/mol. The van der Waals surface area contributed by atoms with Crippen molar-refractivity contribution in [2.24, 2.45) is 0 Å². The molecule has 1 saturated carbocycles. The van der Waals surface area contributed by atoms with Crippen LogP contribution in [-0.4, -0.2) is 56.2 Å². The van der Waals surface area contributed by atoms with Gasteiger partial charge in [0.1, 0.15) is 5.75 Å². The highest BCUT2D eigenvalue weighted by molar-refractivity contribution is 6.43. The van der Waals surface area contributed by atoms with Gasteiger partial charge in [-0.1, -0.05) is 35.3 Å². The molecule has 0 bridgehead atoms. The lowest BCUT2D eigenvalue weighted by Crippen LogP contribution is -2.52. The molecule has 1 N–H and O–H groups in total. The third kappa shape index (κ3) is 5.28. The van der Waals surface area contributed by atoms with Crippen molar-refractivity contribution in [3.8, 4) is 5.75 Å². The number of carbonyl (C=O) groups excluding carboxylic acids is 1. The highest BCUT2D eigenvalue weighted by Crippen LogP contribution is 2.33. The van der Waals surface area contributed by atoms with Gasteiger partial charge in [-0.2, -0.15) is 0 Å². The number of piperazine rings is 1. The fourth-order valence-electron chi connectivity index (χ4n) is 4.68. The van der Waals surface area contributed by atoms with Gasteiger partial charge >= 0.3 is 0 Å². The van der Waals surface area contributed by atoms with Crippen molar-refractivity contribution in [3.05, 3.63) is 58.1 Å². The van der Waals surface area contributed by atoms with Crippen LogP contribution in [-0.2, 0) is 0 Å². The molecule has 0 aromatic heterocycles. The van der Waals surface area contributed by atoms with Crippen LogP contribution in [0.25, 0.3) is 0 Å². The molecule has 2 aliphatic rings. The second-order valence-corrected chi connectivity index (χ2v) is 9.09. The molecule has 0 unspecified atom stereocenters. The van der Waals surface area contributed by atoms with Crippen molar-refractivity contribution in [3.63, 3.8) is 0 Å². The number of halogens is 2. The number of hydrogen-bond acceptors (Lipinski definition) is 4. The van der Waals surface area contributed by atoms with Gasteiger partial charge in [0.25, 0.3) is 5.91 Å². The van der Waals surface area contributed by atoms with E-state index in [0.717, 1.165) is 57.5 Å². The molecule has 2 aromatic rings. The summed E-state index contributed by atoms with van der Waals surface area (Å²) >= 11 is 12.6. The van der Waals surface area contributed by atoms with Crippen LogP contribution in [0.3, 0.4) is 0 Å². The van der Waals surface area contributed by atoms with Crippen LogP contribution in [0.15, 0.2) is 42.5 Å². The lowest BCUT2D eigenvalue weighted by atomic mass is 9.89. The van der Waals surface area contributed by atoms with Gasteiger partial charge in [-0.15, -0.1) is 0 Å². The fraction of sp³-hybridized carbons (Fsp3) is 0.458. The zero-order chi connectivity index (χ0) is 21.8. The number of anilines is 1. The molecule has 1 amide bonds. The fourth-order valence-corrected chi connectivity index (χ4v) is 5.10. The van der Waals surface area contributed by atoms with E-state index in [1.54, 1.807) is 13.2 Å². The molecule has 1 aliphatic carbocycles. The molecule has 1 saturated heterocycles. The Morgan fingerprint density at radius 2 is 1.71 bits per heavy atom. The Morgan fingerprint density at radius 1 is 1.00 bits per heavy atom. The quantitative estimate of drug-likeness (QED) is 0.689. The van der Waals surface area contributed by atoms with Crippen molar-refractivity contribution >= 4 is 34.8 Å². The summed E-state index contributed by atoms with van der Waals surface area (Å²) in [5, 5.41) is 4.45. The van der Waals surface area contributed by atoms with Gasteiger partial charge in [-0.3, -0.25) is 9.69 Å². The van der Waals surface area contributed by atoms with Gasteiger partial charge in [0.2, 0.25) is 0 Å². The summed E-state index contributed by atoms with van der Waals surface area (Å²) in [4.78, 5) is 17.5. The van der Waals surface area contributed by atoms with Crippen LogP contribution in [0.1, 0.15) is 36.0 Å². The smallest absolute Gasteiger partial charge is 0.251 e. The van der Waals surface area contributed by atoms with Crippen molar-refractivity contribution < 1.29 is 9.53 Å². The number of nitrogens with zero attached hydrogens (tertiary/aromatic N) is 2. The Hall–Kier alpha value is -1.95. The van der Waals surface area contributed by atoms with Crippen molar-refractivity contribution in [2.45, 2.75) is 37.8 Å². The summed E-state index contributed by atoms with van der Waals surface area (Å²) < 4.78 is 5.22. The maximum Gasteiger partial charge on any atom is 0.251 e. The Kier molecular flexibility index (Phi) is 7.26. The van der Waals surface area contributed by atoms with Crippen LogP contribution in [0.5, 0.6) is 5.75 Å². The molecule has 5 nitrogen and oxygen atoms in total. The minimum atomic E-state index is -0.0191. The van der Waals surface area contributed by atoms with Gasteiger partial charge in [0, 0.05) is 43.8 Å². The van der Waals surface area contributed by atoms with E-state index in [4.69, 9.17) is 27.9 Å². The summed E-state index contributed by atoms with van der Waals surface area (Å²) in [6, 6.07) is 14.0. The largest absolute Gasteiger partial charge is 0.497 e. The molecule has 7 heteroatoms. The van der Waals surface area contributed by atoms with Crippen molar-refractivity contribution in [1.82, 2.24) is 10.2 Å². The van der Waals surface area contributed by atoms with Gasteiger partial charge < -0.3 is 15.0 Å². The molecule has 2 aromatic carbocycles.